The maximum Gasteiger partial charge on any atom is 0.126 e. The molecule has 1 aromatic heterocycles. The van der Waals surface area contributed by atoms with Crippen LogP contribution in [0.3, 0.4) is 0 Å². The minimum atomic E-state index is 0.534. The molecule has 4 heterocycles. The van der Waals surface area contributed by atoms with Crippen LogP contribution in [0.5, 0.6) is 0 Å². The first-order valence-corrected chi connectivity index (χ1v) is 9.15. The van der Waals surface area contributed by atoms with Crippen molar-refractivity contribution in [2.75, 3.05) is 18.4 Å². The largest absolute Gasteiger partial charge is 0.365 e. The third-order valence-corrected chi connectivity index (χ3v) is 5.81. The van der Waals surface area contributed by atoms with Gasteiger partial charge in [-0.05, 0) is 70.3 Å². The topological polar surface area (TPSA) is 28.2 Å². The van der Waals surface area contributed by atoms with Gasteiger partial charge in [0, 0.05) is 23.8 Å². The predicted molar refractivity (Wildman–Crippen MR) is 100 cm³/mol. The van der Waals surface area contributed by atoms with Gasteiger partial charge in [-0.25, -0.2) is 4.98 Å². The first-order valence-electron chi connectivity index (χ1n) is 9.15. The fourth-order valence-corrected chi connectivity index (χ4v) is 4.51. The first kappa shape index (κ1) is 15.6. The molecule has 2 aromatic rings. The summed E-state index contributed by atoms with van der Waals surface area (Å²) in [5, 5.41) is 3.71. The minimum absolute atomic E-state index is 0.534. The smallest absolute Gasteiger partial charge is 0.126 e. The van der Waals surface area contributed by atoms with Gasteiger partial charge in [0.1, 0.15) is 5.82 Å². The Kier molecular flexibility index (Phi) is 4.05. The average molecular weight is 321 g/mol. The molecular formula is C21H27N3. The molecule has 0 amide bonds. The number of aryl methyl sites for hydroxylation is 2. The van der Waals surface area contributed by atoms with Gasteiger partial charge in [-0.3, -0.25) is 4.90 Å². The zero-order valence-corrected chi connectivity index (χ0v) is 14.9. The van der Waals surface area contributed by atoms with Gasteiger partial charge in [-0.1, -0.05) is 29.3 Å². The molecule has 3 saturated heterocycles. The third-order valence-electron chi connectivity index (χ3n) is 5.81. The van der Waals surface area contributed by atoms with Crippen molar-refractivity contribution in [2.24, 2.45) is 5.92 Å². The number of piperidine rings is 3. The van der Waals surface area contributed by atoms with Crippen molar-refractivity contribution in [1.82, 2.24) is 9.88 Å². The fourth-order valence-electron chi connectivity index (χ4n) is 4.51. The molecule has 0 aliphatic carbocycles. The summed E-state index contributed by atoms with van der Waals surface area (Å²) >= 11 is 0. The van der Waals surface area contributed by atoms with Gasteiger partial charge in [0.2, 0.25) is 0 Å². The molecule has 126 valence electrons. The Bertz CT molecular complexity index is 692. The molecule has 1 aromatic carbocycles. The van der Waals surface area contributed by atoms with Gasteiger partial charge in [-0.2, -0.15) is 0 Å². The second kappa shape index (κ2) is 6.21. The summed E-state index contributed by atoms with van der Waals surface area (Å²) < 4.78 is 0. The number of nitrogens with one attached hydrogen (secondary N) is 1. The van der Waals surface area contributed by atoms with Crippen molar-refractivity contribution in [3.63, 3.8) is 0 Å². The van der Waals surface area contributed by atoms with Crippen LogP contribution in [-0.2, 0) is 0 Å². The van der Waals surface area contributed by atoms with E-state index in [-0.39, 0.29) is 0 Å². The molecule has 3 heteroatoms. The zero-order chi connectivity index (χ0) is 16.7. The fraction of sp³-hybridized carbons (Fsp3) is 0.476. The molecule has 2 atom stereocenters. The van der Waals surface area contributed by atoms with Crippen molar-refractivity contribution in [3.05, 3.63) is 47.7 Å². The molecule has 2 bridgehead atoms. The van der Waals surface area contributed by atoms with E-state index < -0.39 is 0 Å². The number of aromatic nitrogens is 1. The number of benzene rings is 1. The molecule has 1 N–H and O–H groups in total. The summed E-state index contributed by atoms with van der Waals surface area (Å²) in [5.74, 6) is 1.81. The monoisotopic (exact) mass is 321 g/mol. The van der Waals surface area contributed by atoms with Gasteiger partial charge in [-0.15, -0.1) is 0 Å². The van der Waals surface area contributed by atoms with Crippen LogP contribution in [0.2, 0.25) is 0 Å². The maximum atomic E-state index is 4.70. The average Bonchev–Trinajstić information content (AvgIpc) is 2.58. The zero-order valence-electron chi connectivity index (χ0n) is 14.9. The van der Waals surface area contributed by atoms with Crippen LogP contribution < -0.4 is 5.32 Å². The molecule has 5 rings (SSSR count). The molecule has 0 saturated carbocycles. The lowest BCUT2D eigenvalue weighted by Gasteiger charge is -2.50. The van der Waals surface area contributed by atoms with E-state index in [9.17, 15) is 0 Å². The number of rotatable bonds is 3. The molecular weight excluding hydrogens is 294 g/mol. The highest BCUT2D eigenvalue weighted by molar-refractivity contribution is 5.65. The summed E-state index contributed by atoms with van der Waals surface area (Å²) in [6, 6.07) is 12.1. The number of fused-ring (bicyclic) bond motifs is 3. The Morgan fingerprint density at radius 2 is 1.71 bits per heavy atom. The maximum absolute atomic E-state index is 4.70. The Balaban J connectivity index is 1.52. The number of anilines is 1. The number of hydrogen-bond acceptors (Lipinski definition) is 3. The highest BCUT2D eigenvalue weighted by Crippen LogP contribution is 2.34. The van der Waals surface area contributed by atoms with E-state index in [1.807, 2.05) is 6.20 Å². The summed E-state index contributed by atoms with van der Waals surface area (Å²) in [6.07, 6.45) is 4.65. The van der Waals surface area contributed by atoms with E-state index >= 15 is 0 Å². The molecule has 3 aliphatic heterocycles. The molecule has 2 unspecified atom stereocenters. The second-order valence-electron chi connectivity index (χ2n) is 7.59. The van der Waals surface area contributed by atoms with E-state index in [4.69, 9.17) is 4.98 Å². The molecule has 3 aliphatic rings. The van der Waals surface area contributed by atoms with Gasteiger partial charge in [0.05, 0.1) is 0 Å². The first-order chi connectivity index (χ1) is 11.6. The van der Waals surface area contributed by atoms with Crippen molar-refractivity contribution in [3.8, 4) is 11.1 Å². The van der Waals surface area contributed by atoms with Crippen molar-refractivity contribution < 1.29 is 0 Å². The second-order valence-corrected chi connectivity index (χ2v) is 7.59. The lowest BCUT2D eigenvalue weighted by Crippen LogP contribution is -2.59. The Hall–Kier alpha value is -1.87. The molecule has 3 nitrogen and oxygen atoms in total. The Morgan fingerprint density at radius 1 is 1.00 bits per heavy atom. The predicted octanol–water partition coefficient (Wildman–Crippen LogP) is 4.26. The van der Waals surface area contributed by atoms with Gasteiger partial charge >= 0.3 is 0 Å². The highest BCUT2D eigenvalue weighted by Gasteiger charge is 2.39. The number of pyridine rings is 1. The van der Waals surface area contributed by atoms with Crippen LogP contribution in [0.15, 0.2) is 36.5 Å². The SMILES string of the molecule is Cc1cc(C)cc(-c2ccc(NC3C4CCN(CC4)C3C)nc2)c1. The summed E-state index contributed by atoms with van der Waals surface area (Å²) in [6.45, 7) is 9.18. The molecule has 3 fully saturated rings. The molecule has 0 spiro atoms. The summed E-state index contributed by atoms with van der Waals surface area (Å²) in [5.41, 5.74) is 5.04. The van der Waals surface area contributed by atoms with E-state index in [0.29, 0.717) is 12.1 Å². The molecule has 24 heavy (non-hydrogen) atoms. The van der Waals surface area contributed by atoms with Crippen LogP contribution in [0.25, 0.3) is 11.1 Å². The number of nitrogens with zero attached hydrogens (tertiary/aromatic N) is 2. The van der Waals surface area contributed by atoms with E-state index in [1.165, 1.54) is 48.2 Å². The molecule has 0 radical (unpaired) electrons. The normalized spacial score (nSPS) is 28.8. The quantitative estimate of drug-likeness (QED) is 0.915. The number of hydrogen-bond donors (Lipinski definition) is 1. The van der Waals surface area contributed by atoms with Gasteiger partial charge < -0.3 is 5.32 Å². The highest BCUT2D eigenvalue weighted by atomic mass is 15.2. The lowest BCUT2D eigenvalue weighted by molar-refractivity contribution is 0.0457. The third kappa shape index (κ3) is 2.93. The lowest BCUT2D eigenvalue weighted by atomic mass is 9.79. The van der Waals surface area contributed by atoms with Crippen molar-refractivity contribution in [2.45, 2.75) is 45.7 Å². The van der Waals surface area contributed by atoms with Crippen molar-refractivity contribution in [1.29, 1.82) is 0 Å². The van der Waals surface area contributed by atoms with E-state index in [0.717, 1.165) is 11.7 Å². The standard InChI is InChI=1S/C21H27N3/c1-14-10-15(2)12-19(11-14)18-4-5-20(22-13-18)23-21-16(3)24-8-6-17(21)7-9-24/h4-5,10-13,16-17,21H,6-9H2,1-3H3,(H,22,23). The van der Waals surface area contributed by atoms with Gasteiger partial charge in [0.15, 0.2) is 0 Å². The summed E-state index contributed by atoms with van der Waals surface area (Å²) in [4.78, 5) is 7.31. The summed E-state index contributed by atoms with van der Waals surface area (Å²) in [7, 11) is 0. The Labute approximate surface area is 145 Å². The minimum Gasteiger partial charge on any atom is -0.365 e. The van der Waals surface area contributed by atoms with Crippen LogP contribution >= 0.6 is 0 Å². The van der Waals surface area contributed by atoms with Gasteiger partial charge in [0.25, 0.3) is 0 Å². The van der Waals surface area contributed by atoms with Crippen LogP contribution in [0.4, 0.5) is 5.82 Å². The van der Waals surface area contributed by atoms with Crippen LogP contribution in [-0.4, -0.2) is 35.1 Å². The van der Waals surface area contributed by atoms with Crippen molar-refractivity contribution >= 4 is 5.82 Å². The van der Waals surface area contributed by atoms with E-state index in [2.05, 4.69) is 61.3 Å². The van der Waals surface area contributed by atoms with Crippen LogP contribution in [0, 0.1) is 19.8 Å². The Morgan fingerprint density at radius 3 is 2.29 bits per heavy atom. The van der Waals surface area contributed by atoms with E-state index in [1.54, 1.807) is 0 Å². The van der Waals surface area contributed by atoms with Crippen LogP contribution in [0.1, 0.15) is 30.9 Å².